The van der Waals surface area contributed by atoms with Crippen LogP contribution in [-0.4, -0.2) is 24.7 Å². The molecule has 0 saturated heterocycles. The summed E-state index contributed by atoms with van der Waals surface area (Å²) in [5, 5.41) is 3.42. The Labute approximate surface area is 145 Å². The maximum absolute atomic E-state index is 12.0. The van der Waals surface area contributed by atoms with E-state index in [4.69, 9.17) is 0 Å². The van der Waals surface area contributed by atoms with Crippen molar-refractivity contribution in [1.82, 2.24) is 0 Å². The van der Waals surface area contributed by atoms with Gasteiger partial charge >= 0.3 is 5.97 Å². The number of thioether (sulfide) groups is 1. The molecule has 2 rings (SSSR count). The summed E-state index contributed by atoms with van der Waals surface area (Å²) in [5.41, 5.74) is 1.12. The first-order chi connectivity index (χ1) is 10.5. The first kappa shape index (κ1) is 17.1. The fourth-order valence-electron chi connectivity index (χ4n) is 1.71. The van der Waals surface area contributed by atoms with E-state index in [1.807, 2.05) is 25.1 Å². The molecule has 0 aliphatic carbocycles. The van der Waals surface area contributed by atoms with Gasteiger partial charge in [-0.25, -0.2) is 4.79 Å². The summed E-state index contributed by atoms with van der Waals surface area (Å²) in [7, 11) is 1.33. The highest BCUT2D eigenvalue weighted by atomic mass is 79.9. The largest absolute Gasteiger partial charge is 0.465 e. The van der Waals surface area contributed by atoms with Crippen molar-refractivity contribution in [1.29, 1.82) is 0 Å². The quantitative estimate of drug-likeness (QED) is 0.600. The van der Waals surface area contributed by atoms with E-state index < -0.39 is 5.97 Å². The molecule has 22 heavy (non-hydrogen) atoms. The summed E-state index contributed by atoms with van der Waals surface area (Å²) in [6, 6.07) is 9.29. The molecule has 0 atom stereocenters. The monoisotopic (exact) mass is 399 g/mol. The smallest absolute Gasteiger partial charge is 0.348 e. The Morgan fingerprint density at radius 1 is 1.32 bits per heavy atom. The second kappa shape index (κ2) is 7.80. The molecule has 0 spiro atoms. The van der Waals surface area contributed by atoms with E-state index in [0.29, 0.717) is 15.6 Å². The van der Waals surface area contributed by atoms with Gasteiger partial charge in [-0.05, 0) is 42.8 Å². The average molecular weight is 400 g/mol. The number of hydrogen-bond donors (Lipinski definition) is 1. The highest BCUT2D eigenvalue weighted by molar-refractivity contribution is 9.10. The van der Waals surface area contributed by atoms with Crippen molar-refractivity contribution in [3.8, 4) is 0 Å². The Morgan fingerprint density at radius 2 is 2.09 bits per heavy atom. The number of esters is 1. The number of carbonyl (C=O) groups excluding carboxylic acids is 2. The number of benzene rings is 1. The van der Waals surface area contributed by atoms with Crippen LogP contribution in [0, 0.1) is 6.92 Å². The Balaban J connectivity index is 1.90. The molecule has 0 aliphatic rings. The molecule has 1 amide bonds. The molecule has 4 nitrogen and oxygen atoms in total. The van der Waals surface area contributed by atoms with Crippen LogP contribution in [0.3, 0.4) is 0 Å². The number of ether oxygens (including phenoxy) is 1. The first-order valence-electron chi connectivity index (χ1n) is 6.36. The first-order valence-corrected chi connectivity index (χ1v) is 8.96. The van der Waals surface area contributed by atoms with Crippen molar-refractivity contribution in [2.45, 2.75) is 11.8 Å². The molecule has 0 aliphatic heterocycles. The molecular weight excluding hydrogens is 386 g/mol. The van der Waals surface area contributed by atoms with Gasteiger partial charge in [-0.2, -0.15) is 0 Å². The molecule has 7 heteroatoms. The second-order valence-corrected chi connectivity index (χ2v) is 7.42. The SMILES string of the molecule is COC(=O)c1ccc(NC(=O)CSc2ccc(Br)cc2C)s1. The minimum Gasteiger partial charge on any atom is -0.465 e. The van der Waals surface area contributed by atoms with E-state index in [-0.39, 0.29) is 5.91 Å². The Kier molecular flexibility index (Phi) is 6.05. The number of aryl methyl sites for hydroxylation is 1. The minimum absolute atomic E-state index is 0.106. The number of nitrogens with one attached hydrogen (secondary N) is 1. The molecule has 0 saturated carbocycles. The number of methoxy groups -OCH3 is 1. The number of hydrogen-bond acceptors (Lipinski definition) is 5. The molecule has 0 fully saturated rings. The lowest BCUT2D eigenvalue weighted by atomic mass is 10.2. The second-order valence-electron chi connectivity index (χ2n) is 4.40. The number of halogens is 1. The van der Waals surface area contributed by atoms with Gasteiger partial charge in [0.2, 0.25) is 5.91 Å². The van der Waals surface area contributed by atoms with Crippen molar-refractivity contribution >= 4 is 55.9 Å². The summed E-state index contributed by atoms with van der Waals surface area (Å²) in [6.07, 6.45) is 0. The van der Waals surface area contributed by atoms with Gasteiger partial charge in [0.25, 0.3) is 0 Å². The van der Waals surface area contributed by atoms with E-state index in [1.165, 1.54) is 30.2 Å². The van der Waals surface area contributed by atoms with Gasteiger partial charge in [0, 0.05) is 9.37 Å². The van der Waals surface area contributed by atoms with Gasteiger partial charge in [0.15, 0.2) is 0 Å². The molecule has 0 unspecified atom stereocenters. The van der Waals surface area contributed by atoms with Crippen molar-refractivity contribution in [3.63, 3.8) is 0 Å². The molecule has 116 valence electrons. The molecule has 2 aromatic rings. The molecule has 0 radical (unpaired) electrons. The standard InChI is InChI=1S/C15H14BrNO3S2/c1-9-7-10(16)3-4-11(9)21-8-13(18)17-14-6-5-12(22-14)15(19)20-2/h3-7H,8H2,1-2H3,(H,17,18). The van der Waals surface area contributed by atoms with E-state index >= 15 is 0 Å². The van der Waals surface area contributed by atoms with Gasteiger partial charge in [0.1, 0.15) is 4.88 Å². The van der Waals surface area contributed by atoms with Gasteiger partial charge < -0.3 is 10.1 Å². The van der Waals surface area contributed by atoms with Crippen molar-refractivity contribution in [2.24, 2.45) is 0 Å². The summed E-state index contributed by atoms with van der Waals surface area (Å²) in [4.78, 5) is 24.9. The van der Waals surface area contributed by atoms with Gasteiger partial charge in [-0.1, -0.05) is 15.9 Å². The summed E-state index contributed by atoms with van der Waals surface area (Å²) >= 11 is 6.10. The lowest BCUT2D eigenvalue weighted by Gasteiger charge is -2.06. The number of carbonyl (C=O) groups is 2. The summed E-state index contributed by atoms with van der Waals surface area (Å²) < 4.78 is 5.65. The third-order valence-corrected chi connectivity index (χ3v) is 5.40. The van der Waals surface area contributed by atoms with E-state index in [2.05, 4.69) is 26.0 Å². The lowest BCUT2D eigenvalue weighted by Crippen LogP contribution is -2.13. The zero-order chi connectivity index (χ0) is 16.1. The fraction of sp³-hybridized carbons (Fsp3) is 0.200. The zero-order valence-electron chi connectivity index (χ0n) is 12.0. The van der Waals surface area contributed by atoms with Crippen LogP contribution < -0.4 is 5.32 Å². The number of thiophene rings is 1. The minimum atomic E-state index is -0.398. The van der Waals surface area contributed by atoms with Crippen LogP contribution >= 0.6 is 39.0 Å². The summed E-state index contributed by atoms with van der Waals surface area (Å²) in [5.74, 6) is -0.190. The van der Waals surface area contributed by atoms with Gasteiger partial charge in [-0.3, -0.25) is 4.79 Å². The zero-order valence-corrected chi connectivity index (χ0v) is 15.2. The molecule has 1 heterocycles. The van der Waals surface area contributed by atoms with Crippen LogP contribution in [0.25, 0.3) is 0 Å². The van der Waals surface area contributed by atoms with Crippen LogP contribution in [0.15, 0.2) is 39.7 Å². The molecule has 0 bridgehead atoms. The lowest BCUT2D eigenvalue weighted by molar-refractivity contribution is -0.113. The topological polar surface area (TPSA) is 55.4 Å². The number of anilines is 1. The highest BCUT2D eigenvalue weighted by Gasteiger charge is 2.11. The van der Waals surface area contributed by atoms with Gasteiger partial charge in [-0.15, -0.1) is 23.1 Å². The third kappa shape index (κ3) is 4.59. The van der Waals surface area contributed by atoms with Crippen molar-refractivity contribution < 1.29 is 14.3 Å². The van der Waals surface area contributed by atoms with Crippen LogP contribution in [0.2, 0.25) is 0 Å². The molecule has 1 aromatic heterocycles. The van der Waals surface area contributed by atoms with Crippen LogP contribution in [0.1, 0.15) is 15.2 Å². The molecule has 1 N–H and O–H groups in total. The van der Waals surface area contributed by atoms with Crippen molar-refractivity contribution in [3.05, 3.63) is 45.2 Å². The normalized spacial score (nSPS) is 10.3. The van der Waals surface area contributed by atoms with Gasteiger partial charge in [0.05, 0.1) is 17.9 Å². The summed E-state index contributed by atoms with van der Waals surface area (Å²) in [6.45, 7) is 2.01. The third-order valence-electron chi connectivity index (χ3n) is 2.75. The molecule has 1 aromatic carbocycles. The number of amides is 1. The van der Waals surface area contributed by atoms with Crippen LogP contribution in [0.5, 0.6) is 0 Å². The van der Waals surface area contributed by atoms with E-state index in [1.54, 1.807) is 12.1 Å². The maximum atomic E-state index is 12.0. The van der Waals surface area contributed by atoms with Crippen LogP contribution in [0.4, 0.5) is 5.00 Å². The Hall–Kier alpha value is -1.31. The number of rotatable bonds is 5. The highest BCUT2D eigenvalue weighted by Crippen LogP contribution is 2.26. The van der Waals surface area contributed by atoms with Crippen molar-refractivity contribution in [2.75, 3.05) is 18.2 Å². The van der Waals surface area contributed by atoms with E-state index in [0.717, 1.165) is 14.9 Å². The predicted octanol–water partition coefficient (Wildman–Crippen LogP) is 4.34. The fourth-order valence-corrected chi connectivity index (χ4v) is 3.83. The Morgan fingerprint density at radius 3 is 2.77 bits per heavy atom. The molecular formula is C15H14BrNO3S2. The van der Waals surface area contributed by atoms with E-state index in [9.17, 15) is 9.59 Å². The average Bonchev–Trinajstić information content (AvgIpc) is 2.94. The van der Waals surface area contributed by atoms with Crippen LogP contribution in [-0.2, 0) is 9.53 Å². The Bertz CT molecular complexity index is 700. The maximum Gasteiger partial charge on any atom is 0.348 e. The predicted molar refractivity (Wildman–Crippen MR) is 93.9 cm³/mol.